The van der Waals surface area contributed by atoms with Crippen LogP contribution in [0.4, 0.5) is 51.4 Å². The molecule has 0 radical (unpaired) electrons. The van der Waals surface area contributed by atoms with Gasteiger partial charge in [0.2, 0.25) is 5.88 Å². The molecule has 12 rings (SSSR count). The average molecular weight is 926 g/mol. The minimum absolute atomic E-state index is 0.00825. The molecule has 3 aliphatic rings. The molecule has 0 unspecified atom stereocenters. The second-order valence-electron chi connectivity index (χ2n) is 23.7. The third-order valence-corrected chi connectivity index (χ3v) is 16.0. The van der Waals surface area contributed by atoms with Crippen LogP contribution >= 0.6 is 0 Å². The lowest BCUT2D eigenvalue weighted by Crippen LogP contribution is -2.61. The Morgan fingerprint density at radius 3 is 1.62 bits per heavy atom. The first-order chi connectivity index (χ1) is 34.0. The van der Waals surface area contributed by atoms with E-state index in [2.05, 4.69) is 266 Å². The van der Waals surface area contributed by atoms with Crippen LogP contribution in [-0.4, -0.2) is 6.71 Å². The molecule has 8 aromatic carbocycles. The first kappa shape index (κ1) is 44.9. The van der Waals surface area contributed by atoms with Gasteiger partial charge in [0.25, 0.3) is 6.71 Å². The maximum absolute atomic E-state index is 7.31. The Hall–Kier alpha value is -7.24. The van der Waals surface area contributed by atoms with Gasteiger partial charge in [-0.2, -0.15) is 0 Å². The molecule has 0 saturated heterocycles. The summed E-state index contributed by atoms with van der Waals surface area (Å²) in [6, 6.07) is 68.1. The minimum atomic E-state index is -0.133. The summed E-state index contributed by atoms with van der Waals surface area (Å²) in [6.45, 7) is 23.5. The maximum atomic E-state index is 7.31. The number of nitrogens with zero attached hydrogens (tertiary/aromatic N) is 3. The van der Waals surface area contributed by atoms with Gasteiger partial charge in [-0.25, -0.2) is 0 Å². The smallest absolute Gasteiger partial charge is 0.257 e. The fraction of sp³-hybridized carbons (Fsp3) is 0.242. The molecule has 2 aliphatic heterocycles. The van der Waals surface area contributed by atoms with Crippen LogP contribution in [0.1, 0.15) is 104 Å². The summed E-state index contributed by atoms with van der Waals surface area (Å²) >= 11 is 0. The molecule has 0 fully saturated rings. The van der Waals surface area contributed by atoms with Crippen LogP contribution in [0.5, 0.6) is 0 Å². The van der Waals surface area contributed by atoms with Crippen LogP contribution in [0.25, 0.3) is 22.1 Å². The van der Waals surface area contributed by atoms with E-state index in [1.165, 1.54) is 55.5 Å². The summed E-state index contributed by atoms with van der Waals surface area (Å²) in [7, 11) is 0. The Kier molecular flexibility index (Phi) is 10.2. The van der Waals surface area contributed by atoms with E-state index in [9.17, 15) is 0 Å². The van der Waals surface area contributed by atoms with Crippen LogP contribution in [0.3, 0.4) is 0 Å². The number of benzene rings is 8. The number of fused-ring (bicyclic) bond motifs is 7. The van der Waals surface area contributed by atoms with E-state index < -0.39 is 0 Å². The standard InChI is InChI=1S/C66H64BN3O/c1-63(2,3)44-30-33-48(34-31-44)69-57-39-49(68(46-24-16-12-17-25-46)47-26-18-13-19-27-47)40-58-61(57)67(60-50-28-20-21-29-59(50)71-62(60)69)54-41-52-53(66(9,10)37-36-65(52,7)8)42-56(54)70(58)55-35-32-45(64(4,5)6)38-51(55)43-22-14-11-15-23-43/h11-35,38-42H,36-37H2,1-10H3. The lowest BCUT2D eigenvalue weighted by atomic mass is 9.33. The Balaban J connectivity index is 1.27. The summed E-state index contributed by atoms with van der Waals surface area (Å²) < 4.78 is 7.31. The van der Waals surface area contributed by atoms with Gasteiger partial charge in [0.05, 0.1) is 11.4 Å². The molecule has 1 aliphatic carbocycles. The fourth-order valence-electron chi connectivity index (χ4n) is 11.9. The summed E-state index contributed by atoms with van der Waals surface area (Å²) in [5, 5.41) is 1.15. The fourth-order valence-corrected chi connectivity index (χ4v) is 11.9. The first-order valence-electron chi connectivity index (χ1n) is 25.7. The van der Waals surface area contributed by atoms with Gasteiger partial charge in [-0.3, -0.25) is 4.90 Å². The highest BCUT2D eigenvalue weighted by molar-refractivity contribution is 7.01. The average Bonchev–Trinajstić information content (AvgIpc) is 3.74. The molecule has 0 N–H and O–H groups in total. The van der Waals surface area contributed by atoms with Gasteiger partial charge < -0.3 is 14.2 Å². The number of para-hydroxylation sites is 3. The quantitative estimate of drug-likeness (QED) is 0.155. The highest BCUT2D eigenvalue weighted by Gasteiger charge is 2.49. The van der Waals surface area contributed by atoms with Crippen molar-refractivity contribution in [3.8, 4) is 11.1 Å². The molecular formula is C66H64BN3O. The zero-order chi connectivity index (χ0) is 49.2. The van der Waals surface area contributed by atoms with E-state index in [-0.39, 0.29) is 28.4 Å². The zero-order valence-electron chi connectivity index (χ0n) is 43.1. The SMILES string of the molecule is CC(C)(C)c1ccc(N2c3cc(N(c4ccccc4)c4ccccc4)cc4c3B(c3cc5c(cc3N4c3ccc(C(C)(C)C)cc3-c3ccccc3)C(C)(C)CCC5(C)C)c3c2oc2ccccc32)cc1. The lowest BCUT2D eigenvalue weighted by Gasteiger charge is -2.47. The van der Waals surface area contributed by atoms with Crippen LogP contribution in [0.15, 0.2) is 186 Å². The van der Waals surface area contributed by atoms with Crippen molar-refractivity contribution < 1.29 is 4.42 Å². The van der Waals surface area contributed by atoms with Crippen molar-refractivity contribution in [1.29, 1.82) is 0 Å². The number of rotatable bonds is 6. The normalized spacial score (nSPS) is 15.5. The number of anilines is 9. The molecule has 0 bridgehead atoms. The van der Waals surface area contributed by atoms with Crippen molar-refractivity contribution in [2.75, 3.05) is 14.7 Å². The van der Waals surface area contributed by atoms with Gasteiger partial charge in [0.15, 0.2) is 0 Å². The number of hydrogen-bond acceptors (Lipinski definition) is 4. The summed E-state index contributed by atoms with van der Waals surface area (Å²) in [5.74, 6) is 0.873. The third-order valence-electron chi connectivity index (χ3n) is 16.0. The minimum Gasteiger partial charge on any atom is -0.440 e. The second-order valence-corrected chi connectivity index (χ2v) is 23.7. The molecule has 0 spiro atoms. The molecule has 0 atom stereocenters. The van der Waals surface area contributed by atoms with Crippen molar-refractivity contribution >= 4 is 85.5 Å². The van der Waals surface area contributed by atoms with Crippen LogP contribution < -0.4 is 31.1 Å². The highest BCUT2D eigenvalue weighted by atomic mass is 16.4. The largest absolute Gasteiger partial charge is 0.440 e. The van der Waals surface area contributed by atoms with Crippen molar-refractivity contribution in [1.82, 2.24) is 0 Å². The summed E-state index contributed by atoms with van der Waals surface area (Å²) in [5.41, 5.74) is 21.4. The monoisotopic (exact) mass is 926 g/mol. The van der Waals surface area contributed by atoms with Gasteiger partial charge in [-0.1, -0.05) is 178 Å². The van der Waals surface area contributed by atoms with Gasteiger partial charge in [0, 0.05) is 50.5 Å². The Morgan fingerprint density at radius 2 is 1.01 bits per heavy atom. The molecule has 0 saturated carbocycles. The topological polar surface area (TPSA) is 22.9 Å². The van der Waals surface area contributed by atoms with Gasteiger partial charge in [-0.05, 0) is 146 Å². The summed E-state index contributed by atoms with van der Waals surface area (Å²) in [6.07, 6.45) is 2.25. The van der Waals surface area contributed by atoms with Crippen molar-refractivity contribution in [3.05, 3.63) is 204 Å². The van der Waals surface area contributed by atoms with Crippen molar-refractivity contribution in [2.45, 2.75) is 104 Å². The highest BCUT2D eigenvalue weighted by Crippen LogP contribution is 2.54. The van der Waals surface area contributed by atoms with Gasteiger partial charge in [-0.15, -0.1) is 0 Å². The van der Waals surface area contributed by atoms with E-state index in [1.807, 2.05) is 0 Å². The molecule has 71 heavy (non-hydrogen) atoms. The zero-order valence-corrected chi connectivity index (χ0v) is 43.1. The summed E-state index contributed by atoms with van der Waals surface area (Å²) in [4.78, 5) is 7.52. The van der Waals surface area contributed by atoms with Crippen molar-refractivity contribution in [3.63, 3.8) is 0 Å². The third kappa shape index (κ3) is 7.33. The van der Waals surface area contributed by atoms with E-state index in [0.29, 0.717) is 0 Å². The predicted molar refractivity (Wildman–Crippen MR) is 303 cm³/mol. The van der Waals surface area contributed by atoms with Crippen molar-refractivity contribution in [2.24, 2.45) is 0 Å². The molecule has 0 amide bonds. The van der Waals surface area contributed by atoms with Gasteiger partial charge >= 0.3 is 0 Å². The number of furan rings is 1. The Morgan fingerprint density at radius 1 is 0.479 bits per heavy atom. The Bertz CT molecular complexity index is 3460. The van der Waals surface area contributed by atoms with E-state index in [4.69, 9.17) is 4.42 Å². The van der Waals surface area contributed by atoms with Crippen LogP contribution in [0, 0.1) is 0 Å². The Labute approximate surface area is 421 Å². The maximum Gasteiger partial charge on any atom is 0.257 e. The first-order valence-corrected chi connectivity index (χ1v) is 25.7. The van der Waals surface area contributed by atoms with E-state index in [1.54, 1.807) is 0 Å². The van der Waals surface area contributed by atoms with Gasteiger partial charge in [0.1, 0.15) is 5.58 Å². The van der Waals surface area contributed by atoms with Crippen LogP contribution in [-0.2, 0) is 21.7 Å². The molecule has 1 aromatic heterocycles. The molecule has 5 heteroatoms. The van der Waals surface area contributed by atoms with E-state index in [0.717, 1.165) is 69.5 Å². The number of hydrogen-bond donors (Lipinski definition) is 0. The molecule has 3 heterocycles. The molecule has 4 nitrogen and oxygen atoms in total. The lowest BCUT2D eigenvalue weighted by molar-refractivity contribution is 0.332. The molecule has 352 valence electrons. The molecular weight excluding hydrogens is 862 g/mol. The van der Waals surface area contributed by atoms with Crippen LogP contribution in [0.2, 0.25) is 0 Å². The second kappa shape index (κ2) is 16.1. The molecule has 9 aromatic rings. The van der Waals surface area contributed by atoms with E-state index >= 15 is 0 Å². The predicted octanol–water partition coefficient (Wildman–Crippen LogP) is 16.6.